The summed E-state index contributed by atoms with van der Waals surface area (Å²) in [5.74, 6) is 0. The Hall–Kier alpha value is 0.150. The van der Waals surface area contributed by atoms with E-state index in [-0.39, 0.29) is 6.29 Å². The van der Waals surface area contributed by atoms with Gasteiger partial charge in [-0.05, 0) is 12.3 Å². The van der Waals surface area contributed by atoms with Crippen LogP contribution in [0.2, 0.25) is 0 Å². The van der Waals surface area contributed by atoms with E-state index in [1.807, 2.05) is 13.8 Å². The van der Waals surface area contributed by atoms with E-state index in [4.69, 9.17) is 9.47 Å². The van der Waals surface area contributed by atoms with Crippen molar-refractivity contribution in [2.24, 2.45) is 0 Å². The van der Waals surface area contributed by atoms with Gasteiger partial charge in [0.05, 0.1) is 26.5 Å². The van der Waals surface area contributed by atoms with Crippen LogP contribution in [0.25, 0.3) is 0 Å². The molecular weight excluding hydrogens is 175 g/mol. The Morgan fingerprint density at radius 2 is 1.75 bits per heavy atom. The molecule has 1 rings (SSSR count). The van der Waals surface area contributed by atoms with Crippen LogP contribution in [0.4, 0.5) is 0 Å². The van der Waals surface area contributed by atoms with Gasteiger partial charge in [0.25, 0.3) is 0 Å². The van der Waals surface area contributed by atoms with Crippen molar-refractivity contribution in [1.82, 2.24) is 0 Å². The summed E-state index contributed by atoms with van der Waals surface area (Å²) in [6.45, 7) is 5.24. The van der Waals surface area contributed by atoms with Gasteiger partial charge < -0.3 is 14.0 Å². The lowest BCUT2D eigenvalue weighted by Crippen LogP contribution is -2.15. The summed E-state index contributed by atoms with van der Waals surface area (Å²) in [5.41, 5.74) is 0. The second kappa shape index (κ2) is 4.40. The fraction of sp³-hybridized carbons (Fsp3) is 1.00. The van der Waals surface area contributed by atoms with Crippen LogP contribution in [0.3, 0.4) is 0 Å². The molecule has 1 aliphatic heterocycles. The van der Waals surface area contributed by atoms with Gasteiger partial charge in [-0.3, -0.25) is 0 Å². The monoisotopic (exact) mass is 192 g/mol. The molecule has 0 aromatic carbocycles. The van der Waals surface area contributed by atoms with Crippen LogP contribution in [0.15, 0.2) is 0 Å². The quantitative estimate of drug-likeness (QED) is 0.637. The van der Waals surface area contributed by atoms with Crippen LogP contribution in [-0.2, 0) is 14.0 Å². The predicted molar refractivity (Wildman–Crippen MR) is 49.2 cm³/mol. The molecule has 1 fully saturated rings. The fourth-order valence-corrected chi connectivity index (χ4v) is 2.98. The molecule has 4 heteroatoms. The SMILES string of the molecule is CCP(=O)(CC)CC1OCCO1. The van der Waals surface area contributed by atoms with Gasteiger partial charge in [-0.25, -0.2) is 0 Å². The predicted octanol–water partition coefficient (Wildman–Crippen LogP) is 1.76. The van der Waals surface area contributed by atoms with Crippen LogP contribution >= 0.6 is 7.14 Å². The van der Waals surface area contributed by atoms with Crippen LogP contribution in [0.1, 0.15) is 13.8 Å². The summed E-state index contributed by atoms with van der Waals surface area (Å²) in [6.07, 6.45) is 1.91. The van der Waals surface area contributed by atoms with Crippen molar-refractivity contribution >= 4 is 7.14 Å². The highest BCUT2D eigenvalue weighted by Crippen LogP contribution is 2.45. The van der Waals surface area contributed by atoms with Crippen molar-refractivity contribution in [2.75, 3.05) is 31.7 Å². The maximum Gasteiger partial charge on any atom is 0.164 e. The zero-order valence-corrected chi connectivity index (χ0v) is 8.68. The van der Waals surface area contributed by atoms with Crippen LogP contribution in [-0.4, -0.2) is 38.0 Å². The van der Waals surface area contributed by atoms with Crippen molar-refractivity contribution in [1.29, 1.82) is 0 Å². The van der Waals surface area contributed by atoms with E-state index >= 15 is 0 Å². The van der Waals surface area contributed by atoms with Crippen molar-refractivity contribution in [3.63, 3.8) is 0 Å². The molecule has 1 saturated heterocycles. The fourth-order valence-electron chi connectivity index (χ4n) is 1.27. The first-order chi connectivity index (χ1) is 5.70. The van der Waals surface area contributed by atoms with Gasteiger partial charge in [0.1, 0.15) is 0 Å². The van der Waals surface area contributed by atoms with E-state index in [1.54, 1.807) is 0 Å². The van der Waals surface area contributed by atoms with Crippen molar-refractivity contribution < 1.29 is 14.0 Å². The third kappa shape index (κ3) is 2.58. The molecule has 0 atom stereocenters. The highest BCUT2D eigenvalue weighted by Gasteiger charge is 2.26. The van der Waals surface area contributed by atoms with Crippen molar-refractivity contribution in [3.8, 4) is 0 Å². The van der Waals surface area contributed by atoms with E-state index < -0.39 is 7.14 Å². The standard InChI is InChI=1S/C8H17O3P/c1-3-12(9,4-2)7-8-10-5-6-11-8/h8H,3-7H2,1-2H3. The second-order valence-electron chi connectivity index (χ2n) is 3.04. The minimum Gasteiger partial charge on any atom is -0.350 e. The number of hydrogen-bond donors (Lipinski definition) is 0. The van der Waals surface area contributed by atoms with E-state index in [0.29, 0.717) is 19.4 Å². The Labute approximate surface area is 73.8 Å². The highest BCUT2D eigenvalue weighted by molar-refractivity contribution is 7.63. The number of rotatable bonds is 4. The maximum absolute atomic E-state index is 11.9. The molecule has 1 aliphatic rings. The minimum atomic E-state index is -1.98. The summed E-state index contributed by atoms with van der Waals surface area (Å²) in [7, 11) is -1.98. The molecule has 0 saturated carbocycles. The van der Waals surface area contributed by atoms with Gasteiger partial charge in [-0.1, -0.05) is 13.8 Å². The topological polar surface area (TPSA) is 35.5 Å². The van der Waals surface area contributed by atoms with Gasteiger partial charge in [0, 0.05) is 0 Å². The van der Waals surface area contributed by atoms with Gasteiger partial charge in [-0.2, -0.15) is 0 Å². The van der Waals surface area contributed by atoms with Crippen molar-refractivity contribution in [2.45, 2.75) is 20.1 Å². The molecule has 0 N–H and O–H groups in total. The molecule has 0 unspecified atom stereocenters. The van der Waals surface area contributed by atoms with Crippen molar-refractivity contribution in [3.05, 3.63) is 0 Å². The molecule has 0 aromatic heterocycles. The minimum absolute atomic E-state index is 0.198. The molecule has 12 heavy (non-hydrogen) atoms. The summed E-state index contributed by atoms with van der Waals surface area (Å²) in [6, 6.07) is 0. The Kier molecular flexibility index (Phi) is 3.76. The van der Waals surface area contributed by atoms with Gasteiger partial charge >= 0.3 is 0 Å². The first-order valence-corrected chi connectivity index (χ1v) is 6.76. The Morgan fingerprint density at radius 3 is 2.17 bits per heavy atom. The zero-order chi connectivity index (χ0) is 9.03. The largest absolute Gasteiger partial charge is 0.350 e. The normalized spacial score (nSPS) is 20.2. The average molecular weight is 192 g/mol. The van der Waals surface area contributed by atoms with Gasteiger partial charge in [-0.15, -0.1) is 0 Å². The summed E-state index contributed by atoms with van der Waals surface area (Å²) >= 11 is 0. The summed E-state index contributed by atoms with van der Waals surface area (Å²) < 4.78 is 22.5. The summed E-state index contributed by atoms with van der Waals surface area (Å²) in [4.78, 5) is 0. The molecule has 0 amide bonds. The van der Waals surface area contributed by atoms with E-state index in [9.17, 15) is 4.57 Å². The van der Waals surface area contributed by atoms with Crippen LogP contribution in [0.5, 0.6) is 0 Å². The Balaban J connectivity index is 2.41. The molecular formula is C8H17O3P. The zero-order valence-electron chi connectivity index (χ0n) is 7.78. The number of ether oxygens (including phenoxy) is 2. The van der Waals surface area contributed by atoms with Gasteiger partial charge in [0.15, 0.2) is 6.29 Å². The lowest BCUT2D eigenvalue weighted by atomic mass is 10.8. The van der Waals surface area contributed by atoms with E-state index in [1.165, 1.54) is 0 Å². The Bertz CT molecular complexity index is 167. The number of hydrogen-bond acceptors (Lipinski definition) is 3. The summed E-state index contributed by atoms with van der Waals surface area (Å²) in [5, 5.41) is 0. The molecule has 0 radical (unpaired) electrons. The third-order valence-corrected chi connectivity index (χ3v) is 5.59. The van der Waals surface area contributed by atoms with E-state index in [2.05, 4.69) is 0 Å². The highest BCUT2D eigenvalue weighted by atomic mass is 31.2. The third-order valence-electron chi connectivity index (χ3n) is 2.33. The molecule has 72 valence electrons. The van der Waals surface area contributed by atoms with Gasteiger partial charge in [0.2, 0.25) is 0 Å². The maximum atomic E-state index is 11.9. The lowest BCUT2D eigenvalue weighted by Gasteiger charge is -2.17. The Morgan fingerprint density at radius 1 is 1.25 bits per heavy atom. The first kappa shape index (κ1) is 10.2. The van der Waals surface area contributed by atoms with Crippen LogP contribution in [0, 0.1) is 0 Å². The molecule has 0 bridgehead atoms. The first-order valence-electron chi connectivity index (χ1n) is 4.50. The smallest absolute Gasteiger partial charge is 0.164 e. The molecule has 0 spiro atoms. The molecule has 1 heterocycles. The lowest BCUT2D eigenvalue weighted by molar-refractivity contribution is -0.0230. The second-order valence-corrected chi connectivity index (χ2v) is 6.79. The molecule has 0 aliphatic carbocycles. The van der Waals surface area contributed by atoms with E-state index in [0.717, 1.165) is 12.3 Å². The van der Waals surface area contributed by atoms with Crippen LogP contribution < -0.4 is 0 Å². The molecule has 3 nitrogen and oxygen atoms in total. The average Bonchev–Trinajstić information content (AvgIpc) is 2.57. The molecule has 0 aromatic rings.